The second-order valence-electron chi connectivity index (χ2n) is 6.71. The molecule has 0 fully saturated rings. The van der Waals surface area contributed by atoms with Crippen molar-refractivity contribution in [2.75, 3.05) is 7.11 Å². The third-order valence-electron chi connectivity index (χ3n) is 4.89. The van der Waals surface area contributed by atoms with Gasteiger partial charge < -0.3 is 20.0 Å². The molecule has 4 rings (SSSR count). The van der Waals surface area contributed by atoms with E-state index in [1.165, 1.54) is 13.2 Å². The molecule has 0 radical (unpaired) electrons. The van der Waals surface area contributed by atoms with Gasteiger partial charge in [-0.25, -0.2) is 4.79 Å². The van der Waals surface area contributed by atoms with Crippen LogP contribution in [0.15, 0.2) is 65.6 Å². The highest BCUT2D eigenvalue weighted by Gasteiger charge is 2.25. The molecular weight excluding hydrogens is 370 g/mol. The Hall–Kier alpha value is -3.87. The van der Waals surface area contributed by atoms with Gasteiger partial charge in [0.1, 0.15) is 6.04 Å². The average molecular weight is 389 g/mol. The quantitative estimate of drug-likeness (QED) is 0.456. The summed E-state index contributed by atoms with van der Waals surface area (Å²) in [5.41, 5.74) is 2.19. The predicted molar refractivity (Wildman–Crippen MR) is 110 cm³/mol. The zero-order valence-electron chi connectivity index (χ0n) is 15.7. The molecule has 7 nitrogen and oxygen atoms in total. The van der Waals surface area contributed by atoms with E-state index in [1.54, 1.807) is 24.3 Å². The first-order chi connectivity index (χ1) is 14.1. The van der Waals surface area contributed by atoms with Crippen molar-refractivity contribution < 1.29 is 14.3 Å². The molecule has 0 saturated heterocycles. The van der Waals surface area contributed by atoms with E-state index in [0.717, 1.165) is 16.5 Å². The van der Waals surface area contributed by atoms with E-state index in [-0.39, 0.29) is 17.5 Å². The Labute approximate surface area is 165 Å². The van der Waals surface area contributed by atoms with Crippen LogP contribution < -0.4 is 10.9 Å². The van der Waals surface area contributed by atoms with Gasteiger partial charge in [0.15, 0.2) is 0 Å². The molecule has 0 bridgehead atoms. The largest absolute Gasteiger partial charge is 0.467 e. The van der Waals surface area contributed by atoms with Gasteiger partial charge in [-0.2, -0.15) is 0 Å². The summed E-state index contributed by atoms with van der Waals surface area (Å²) in [5, 5.41) is 4.29. The Morgan fingerprint density at radius 1 is 1.03 bits per heavy atom. The Kier molecular flexibility index (Phi) is 4.87. The predicted octanol–water partition coefficient (Wildman–Crippen LogP) is 2.52. The number of carbonyl (C=O) groups excluding carboxylic acids is 2. The maximum atomic E-state index is 13.0. The van der Waals surface area contributed by atoms with Crippen LogP contribution in [0.4, 0.5) is 0 Å². The van der Waals surface area contributed by atoms with E-state index < -0.39 is 17.9 Å². The summed E-state index contributed by atoms with van der Waals surface area (Å²) in [6, 6.07) is 15.1. The Morgan fingerprint density at radius 2 is 1.72 bits per heavy atom. The summed E-state index contributed by atoms with van der Waals surface area (Å²) in [4.78, 5) is 43.1. The fourth-order valence-electron chi connectivity index (χ4n) is 3.48. The molecule has 7 heteroatoms. The number of amides is 1. The zero-order valence-corrected chi connectivity index (χ0v) is 15.7. The van der Waals surface area contributed by atoms with Crippen LogP contribution in [0.1, 0.15) is 15.9 Å². The van der Waals surface area contributed by atoms with Crippen molar-refractivity contribution in [1.29, 1.82) is 0 Å². The van der Waals surface area contributed by atoms with Crippen LogP contribution in [0.2, 0.25) is 0 Å². The summed E-state index contributed by atoms with van der Waals surface area (Å²) in [7, 11) is 1.28. The van der Waals surface area contributed by atoms with Gasteiger partial charge in [-0.1, -0.05) is 36.4 Å². The van der Waals surface area contributed by atoms with Gasteiger partial charge in [0.25, 0.3) is 5.91 Å². The first-order valence-electron chi connectivity index (χ1n) is 9.12. The maximum absolute atomic E-state index is 13.0. The van der Waals surface area contributed by atoms with Gasteiger partial charge in [-0.3, -0.25) is 9.59 Å². The molecule has 2 heterocycles. The first-order valence-corrected chi connectivity index (χ1v) is 9.12. The average Bonchev–Trinajstić information content (AvgIpc) is 3.15. The molecule has 0 aliphatic carbocycles. The number of methoxy groups -OCH3 is 1. The topological polar surface area (TPSA) is 104 Å². The molecule has 1 amide bonds. The van der Waals surface area contributed by atoms with E-state index in [0.29, 0.717) is 10.9 Å². The van der Waals surface area contributed by atoms with Crippen molar-refractivity contribution in [2.45, 2.75) is 12.5 Å². The van der Waals surface area contributed by atoms with Crippen molar-refractivity contribution in [2.24, 2.45) is 0 Å². The third kappa shape index (κ3) is 3.62. The number of nitrogens with one attached hydrogen (secondary N) is 3. The van der Waals surface area contributed by atoms with E-state index in [2.05, 4.69) is 15.3 Å². The van der Waals surface area contributed by atoms with Gasteiger partial charge in [-0.15, -0.1) is 0 Å². The van der Waals surface area contributed by atoms with Crippen LogP contribution in [0, 0.1) is 0 Å². The lowest BCUT2D eigenvalue weighted by Crippen LogP contribution is -2.43. The molecule has 0 unspecified atom stereocenters. The fraction of sp³-hybridized carbons (Fsp3) is 0.136. The Morgan fingerprint density at radius 3 is 2.48 bits per heavy atom. The van der Waals surface area contributed by atoms with Crippen LogP contribution in [-0.2, 0) is 16.0 Å². The number of para-hydroxylation sites is 2. The first kappa shape index (κ1) is 18.5. The summed E-state index contributed by atoms with van der Waals surface area (Å²) in [6.07, 6.45) is 2.07. The van der Waals surface area contributed by atoms with Crippen LogP contribution in [0.25, 0.3) is 21.8 Å². The number of aromatic amines is 2. The molecule has 1 atom stereocenters. The number of H-pyrrole nitrogens is 2. The van der Waals surface area contributed by atoms with Crippen LogP contribution in [0.3, 0.4) is 0 Å². The van der Waals surface area contributed by atoms with E-state index >= 15 is 0 Å². The van der Waals surface area contributed by atoms with Gasteiger partial charge in [0.2, 0.25) is 5.56 Å². The lowest BCUT2D eigenvalue weighted by molar-refractivity contribution is -0.142. The molecule has 3 N–H and O–H groups in total. The molecule has 29 heavy (non-hydrogen) atoms. The molecule has 0 saturated carbocycles. The van der Waals surface area contributed by atoms with Crippen molar-refractivity contribution in [3.8, 4) is 0 Å². The number of aromatic nitrogens is 2. The number of hydrogen-bond donors (Lipinski definition) is 3. The summed E-state index contributed by atoms with van der Waals surface area (Å²) < 4.78 is 4.89. The van der Waals surface area contributed by atoms with Gasteiger partial charge >= 0.3 is 5.97 Å². The summed E-state index contributed by atoms with van der Waals surface area (Å²) >= 11 is 0. The van der Waals surface area contributed by atoms with Crippen molar-refractivity contribution >= 4 is 33.7 Å². The minimum atomic E-state index is -0.898. The second-order valence-corrected chi connectivity index (χ2v) is 6.71. The Bertz CT molecular complexity index is 1270. The summed E-state index contributed by atoms with van der Waals surface area (Å²) in [6.45, 7) is 0. The Balaban J connectivity index is 1.66. The fourth-order valence-corrected chi connectivity index (χ4v) is 3.48. The molecule has 0 aliphatic rings. The molecule has 0 spiro atoms. The highest BCUT2D eigenvalue weighted by Crippen LogP contribution is 2.20. The molecule has 2 aromatic heterocycles. The number of esters is 1. The van der Waals surface area contributed by atoms with Gasteiger partial charge in [0.05, 0.1) is 12.7 Å². The normalized spacial score (nSPS) is 12.0. The number of rotatable bonds is 5. The number of benzene rings is 2. The van der Waals surface area contributed by atoms with E-state index in [4.69, 9.17) is 4.74 Å². The molecular formula is C22H19N3O4. The van der Waals surface area contributed by atoms with Crippen LogP contribution in [0.5, 0.6) is 0 Å². The van der Waals surface area contributed by atoms with Crippen LogP contribution in [-0.4, -0.2) is 35.0 Å². The SMILES string of the molecule is COC(=O)[C@H](Cc1c[nH]c2ccccc12)NC(=O)c1cc(=O)[nH]c2ccccc12. The highest BCUT2D eigenvalue weighted by atomic mass is 16.5. The van der Waals surface area contributed by atoms with Crippen molar-refractivity contribution in [1.82, 2.24) is 15.3 Å². The van der Waals surface area contributed by atoms with Crippen molar-refractivity contribution in [3.63, 3.8) is 0 Å². The lowest BCUT2D eigenvalue weighted by Gasteiger charge is -2.17. The molecule has 4 aromatic rings. The number of ether oxygens (including phenoxy) is 1. The van der Waals surface area contributed by atoms with Crippen molar-refractivity contribution in [3.05, 3.63) is 82.3 Å². The molecule has 2 aromatic carbocycles. The number of carbonyl (C=O) groups is 2. The van der Waals surface area contributed by atoms with Crippen LogP contribution >= 0.6 is 0 Å². The second kappa shape index (κ2) is 7.63. The number of fused-ring (bicyclic) bond motifs is 2. The molecule has 0 aliphatic heterocycles. The monoisotopic (exact) mass is 389 g/mol. The number of pyridine rings is 1. The van der Waals surface area contributed by atoms with Gasteiger partial charge in [0, 0.05) is 40.5 Å². The minimum Gasteiger partial charge on any atom is -0.467 e. The molecule has 146 valence electrons. The summed E-state index contributed by atoms with van der Waals surface area (Å²) in [5.74, 6) is -1.07. The smallest absolute Gasteiger partial charge is 0.328 e. The standard InChI is InChI=1S/C22H19N3O4/c1-29-22(28)19(10-13-12-23-17-8-4-2-6-14(13)17)25-21(27)16-11-20(26)24-18-9-5-3-7-15(16)18/h2-9,11-12,19,23H,10H2,1H3,(H,24,26)(H,25,27)/t19-/m0/s1. The zero-order chi connectivity index (χ0) is 20.4. The minimum absolute atomic E-state index is 0.206. The maximum Gasteiger partial charge on any atom is 0.328 e. The highest BCUT2D eigenvalue weighted by molar-refractivity contribution is 6.07. The van der Waals surface area contributed by atoms with Gasteiger partial charge in [-0.05, 0) is 17.7 Å². The van der Waals surface area contributed by atoms with E-state index in [9.17, 15) is 14.4 Å². The lowest BCUT2D eigenvalue weighted by atomic mass is 10.0. The van der Waals surface area contributed by atoms with E-state index in [1.807, 2.05) is 30.5 Å². The number of hydrogen-bond acceptors (Lipinski definition) is 4. The third-order valence-corrected chi connectivity index (χ3v) is 4.89.